The van der Waals surface area contributed by atoms with E-state index in [1.165, 1.54) is 135 Å². The third kappa shape index (κ3) is 36.0. The molecule has 626 valence electrons. The zero-order valence-corrected chi connectivity index (χ0v) is 70.0. The first-order chi connectivity index (χ1) is 52.3. The van der Waals surface area contributed by atoms with Gasteiger partial charge in [0.2, 0.25) is 5.79 Å². The molecule has 0 spiro atoms. The van der Waals surface area contributed by atoms with Crippen LogP contribution in [-0.2, 0) is 81.0 Å². The molecule has 1 saturated carbocycles. The van der Waals surface area contributed by atoms with Gasteiger partial charge in [-0.25, -0.2) is 4.79 Å². The van der Waals surface area contributed by atoms with E-state index >= 15 is 9.59 Å². The minimum absolute atomic E-state index is 0.0119. The molecule has 20 heteroatoms. The minimum atomic E-state index is -2.60. The number of Topliss-reactive ketones (excluding diaryl/α,β-unsaturated/α-hetero) is 2. The van der Waals surface area contributed by atoms with Gasteiger partial charge in [-0.05, 0) is 121 Å². The van der Waals surface area contributed by atoms with E-state index in [-0.39, 0.29) is 100 Å². The minimum Gasteiger partial charge on any atom is -0.462 e. The molecular weight excluding hydrogens is 1390 g/mol. The van der Waals surface area contributed by atoms with Gasteiger partial charge < -0.3 is 57.7 Å². The number of hydrogen-bond acceptors (Lipinski definition) is 19. The number of cyclic esters (lactones) is 1. The smallest absolute Gasteiger partial charge is 0.329 e. The van der Waals surface area contributed by atoms with Gasteiger partial charge in [-0.15, -0.1) is 6.58 Å². The van der Waals surface area contributed by atoms with Crippen LogP contribution in [0.2, 0.25) is 0 Å². The highest BCUT2D eigenvalue weighted by Crippen LogP contribution is 2.40. The Balaban J connectivity index is 1.52. The van der Waals surface area contributed by atoms with Crippen molar-refractivity contribution in [1.82, 2.24) is 4.90 Å². The number of carbonyl (C=O) groups excluding carboxylic acids is 8. The molecule has 109 heavy (non-hydrogen) atoms. The van der Waals surface area contributed by atoms with Crippen molar-refractivity contribution >= 4 is 47.3 Å². The highest BCUT2D eigenvalue weighted by molar-refractivity contribution is 6.39. The number of aliphatic hydroxyl groups excluding tert-OH is 1. The SMILES string of the molecule is C=CC[C@@H]1/C=C(\C)C[C@H](C)C[C@H](OC)C2O[C@@](O)(C(=O)C(=O)N3CCCC[C@H]3C(=O)O[C@H](/C(C)=C/[C@@H]3CC[C@@H](O)[C@H](OC)C3)[C@H](C)[C@@H](OC(=O)C(C)CCCC(C)CC(=O)OC(COC(=O)CCCCCCCCCCCCCCC)COC(=O)CCCCCCCCCCCCCCC)CC1=O)[C@H](C)C[C@@H]2OC. The van der Waals surface area contributed by atoms with Gasteiger partial charge in [0.15, 0.2) is 6.10 Å². The van der Waals surface area contributed by atoms with Crippen LogP contribution < -0.4 is 0 Å². The maximum atomic E-state index is 15.1. The predicted molar refractivity (Wildman–Crippen MR) is 426 cm³/mol. The fourth-order valence-corrected chi connectivity index (χ4v) is 16.5. The number of carbonyl (C=O) groups is 8. The van der Waals surface area contributed by atoms with Crippen molar-refractivity contribution in [3.8, 4) is 0 Å². The molecule has 4 rings (SSSR count). The summed E-state index contributed by atoms with van der Waals surface area (Å²) in [5.74, 6) is -11.4. The summed E-state index contributed by atoms with van der Waals surface area (Å²) in [4.78, 5) is 116. The lowest BCUT2D eigenvalue weighted by Crippen LogP contribution is -2.64. The molecule has 2 bridgehead atoms. The second-order valence-corrected chi connectivity index (χ2v) is 33.3. The zero-order valence-electron chi connectivity index (χ0n) is 70.0. The van der Waals surface area contributed by atoms with Crippen molar-refractivity contribution in [2.75, 3.05) is 41.1 Å². The summed E-state index contributed by atoms with van der Waals surface area (Å²) in [6.45, 7) is 20.9. The summed E-state index contributed by atoms with van der Waals surface area (Å²) in [5.41, 5.74) is 1.48. The largest absolute Gasteiger partial charge is 0.462 e. The van der Waals surface area contributed by atoms with Crippen molar-refractivity contribution in [2.45, 2.75) is 399 Å². The van der Waals surface area contributed by atoms with Gasteiger partial charge in [-0.2, -0.15) is 0 Å². The van der Waals surface area contributed by atoms with Gasteiger partial charge in [0.25, 0.3) is 11.7 Å². The van der Waals surface area contributed by atoms with E-state index < -0.39 is 114 Å². The van der Waals surface area contributed by atoms with E-state index in [4.69, 9.17) is 42.6 Å². The number of ether oxygens (including phenoxy) is 9. The molecule has 3 heterocycles. The molecule has 0 aromatic carbocycles. The molecule has 0 aromatic heterocycles. The molecule has 2 N–H and O–H groups in total. The molecule has 0 aromatic rings. The summed E-state index contributed by atoms with van der Waals surface area (Å²) in [7, 11) is 4.59. The average Bonchev–Trinajstić information content (AvgIpc) is 1.02. The number of fused-ring (bicyclic) bond motifs is 3. The van der Waals surface area contributed by atoms with Gasteiger partial charge in [0.05, 0.1) is 30.3 Å². The number of nitrogens with zero attached hydrogens (tertiary/aromatic N) is 1. The summed E-state index contributed by atoms with van der Waals surface area (Å²) in [5, 5.41) is 23.2. The number of allylic oxidation sites excluding steroid dienone is 4. The van der Waals surface area contributed by atoms with Crippen LogP contribution in [0.15, 0.2) is 36.0 Å². The lowest BCUT2D eigenvalue weighted by Gasteiger charge is -2.47. The van der Waals surface area contributed by atoms with Gasteiger partial charge in [-0.1, -0.05) is 239 Å². The van der Waals surface area contributed by atoms with Crippen LogP contribution >= 0.6 is 0 Å². The van der Waals surface area contributed by atoms with E-state index in [0.717, 1.165) is 44.1 Å². The Bertz CT molecular complexity index is 2670. The Labute approximate surface area is 657 Å². The highest BCUT2D eigenvalue weighted by atomic mass is 16.7. The number of unbranched alkanes of at least 4 members (excludes halogenated alkanes) is 24. The first kappa shape index (κ1) is 96.5. The molecule has 3 fully saturated rings. The lowest BCUT2D eigenvalue weighted by molar-refractivity contribution is -0.302. The van der Waals surface area contributed by atoms with Crippen LogP contribution in [0.4, 0.5) is 0 Å². The second-order valence-electron chi connectivity index (χ2n) is 33.3. The summed E-state index contributed by atoms with van der Waals surface area (Å²) >= 11 is 0. The van der Waals surface area contributed by atoms with Gasteiger partial charge >= 0.3 is 29.8 Å². The van der Waals surface area contributed by atoms with Gasteiger partial charge in [0, 0.05) is 71.3 Å². The number of esters is 5. The van der Waals surface area contributed by atoms with Crippen LogP contribution in [0.5, 0.6) is 0 Å². The van der Waals surface area contributed by atoms with E-state index in [9.17, 15) is 39.0 Å². The normalized spacial score (nSPS) is 27.5. The van der Waals surface area contributed by atoms with E-state index in [2.05, 4.69) is 20.4 Å². The number of amides is 1. The zero-order chi connectivity index (χ0) is 80.1. The Morgan fingerprint density at radius 3 is 1.70 bits per heavy atom. The summed E-state index contributed by atoms with van der Waals surface area (Å²) < 4.78 is 54.5. The number of aliphatic hydroxyl groups is 2. The first-order valence-electron chi connectivity index (χ1n) is 43.3. The van der Waals surface area contributed by atoms with Gasteiger partial charge in [0.1, 0.15) is 43.4 Å². The second kappa shape index (κ2) is 54.8. The highest BCUT2D eigenvalue weighted by Gasteiger charge is 2.57. The fraction of sp³-hybridized carbons (Fsp3) is 0.843. The van der Waals surface area contributed by atoms with Crippen molar-refractivity contribution in [3.63, 3.8) is 0 Å². The third-order valence-electron chi connectivity index (χ3n) is 23.5. The van der Waals surface area contributed by atoms with Crippen molar-refractivity contribution in [3.05, 3.63) is 36.0 Å². The number of methoxy groups -OCH3 is 3. The molecule has 1 aliphatic carbocycles. The Hall–Kier alpha value is -4.86. The molecule has 3 unspecified atom stereocenters. The van der Waals surface area contributed by atoms with Crippen LogP contribution in [0.1, 0.15) is 338 Å². The molecule has 16 atom stereocenters. The number of hydrogen-bond donors (Lipinski definition) is 2. The maximum absolute atomic E-state index is 15.1. The van der Waals surface area contributed by atoms with E-state index in [0.29, 0.717) is 82.6 Å². The quantitative estimate of drug-likeness (QED) is 0.0188. The Morgan fingerprint density at radius 1 is 0.651 bits per heavy atom. The van der Waals surface area contributed by atoms with E-state index in [1.54, 1.807) is 34.0 Å². The van der Waals surface area contributed by atoms with Crippen molar-refractivity contribution in [1.29, 1.82) is 0 Å². The number of ketones is 2. The fourth-order valence-electron chi connectivity index (χ4n) is 16.5. The van der Waals surface area contributed by atoms with Crippen LogP contribution in [-0.4, -0.2) is 164 Å². The lowest BCUT2D eigenvalue weighted by atomic mass is 9.81. The third-order valence-corrected chi connectivity index (χ3v) is 23.5. The van der Waals surface area contributed by atoms with Crippen molar-refractivity contribution < 1.29 is 91.2 Å². The van der Waals surface area contributed by atoms with Crippen LogP contribution in [0.3, 0.4) is 0 Å². The average molecular weight is 1540 g/mol. The molecule has 3 aliphatic heterocycles. The maximum Gasteiger partial charge on any atom is 0.329 e. The summed E-state index contributed by atoms with van der Waals surface area (Å²) in [6.07, 6.45) is 35.3. The van der Waals surface area contributed by atoms with Crippen LogP contribution in [0, 0.1) is 41.4 Å². The number of piperidine rings is 1. The molecule has 4 aliphatic rings. The van der Waals surface area contributed by atoms with Crippen LogP contribution in [0.25, 0.3) is 0 Å². The van der Waals surface area contributed by atoms with E-state index in [1.807, 2.05) is 39.8 Å². The van der Waals surface area contributed by atoms with Crippen molar-refractivity contribution in [2.24, 2.45) is 41.4 Å². The standard InChI is InChI=1S/C89H151NO19/c1-14-17-19-21-23-25-27-29-31-33-35-37-39-48-80(93)104-61-72(62-105-81(94)49-40-38-36-34-32-30-28-26-24-22-20-18-15-2)106-82(95)56-63(4)45-43-46-66(7)87(98)107-76-60-75(92)71(44-16-3)54-64(5)53-65(6)55-78(102-12)84-79(103-13)58-68(9)89(100,109-84)85(96)86(97)90-52-42-41-47-73(90)88(99)108-83(69(76)10)67(8)57-70-50-51-74(91)77(59-70)101-11/h16,54,57,63,65-66,68-74,76-79,83-84,91,100H,3,14-15,17-53,55-56,58-62H2,1-2,4-13H3/b64-54+,67-57+/t63?,65-,66?,68+,69+,70-,71+,73-,74+,76-,77+,78-,79-,83+,84?,89+/m0/s1. The molecule has 1 amide bonds. The van der Waals surface area contributed by atoms with Gasteiger partial charge in [-0.3, -0.25) is 33.6 Å². The number of rotatable bonds is 48. The molecule has 0 radical (unpaired) electrons. The Morgan fingerprint density at radius 2 is 1.17 bits per heavy atom. The predicted octanol–water partition coefficient (Wildman–Crippen LogP) is 18.0. The molecular formula is C89H151NO19. The molecule has 2 saturated heterocycles. The monoisotopic (exact) mass is 1540 g/mol. The Kier molecular flexibility index (Phi) is 48.5. The summed E-state index contributed by atoms with van der Waals surface area (Å²) in [6, 6.07) is -1.26. The molecule has 20 nitrogen and oxygen atoms in total. The first-order valence-corrected chi connectivity index (χ1v) is 43.3. The topological polar surface area (TPSA) is 263 Å².